The first kappa shape index (κ1) is 20.6. The number of aryl methyl sites for hydroxylation is 1. The van der Waals surface area contributed by atoms with Crippen molar-refractivity contribution in [1.29, 1.82) is 0 Å². The van der Waals surface area contributed by atoms with Crippen LogP contribution in [0.3, 0.4) is 0 Å². The van der Waals surface area contributed by atoms with E-state index in [-0.39, 0.29) is 16.5 Å². The number of halogens is 2. The molecule has 0 bridgehead atoms. The summed E-state index contributed by atoms with van der Waals surface area (Å²) in [5.74, 6) is -1.18. The normalized spacial score (nSPS) is 16.6. The molecule has 5 nitrogen and oxygen atoms in total. The Morgan fingerprint density at radius 2 is 1.90 bits per heavy atom. The summed E-state index contributed by atoms with van der Waals surface area (Å²) in [5, 5.41) is 4.33. The number of Topliss-reactive ketones (excluding diaryl/α,β-unsaturated/α-hetero) is 1. The molecule has 3 aromatic rings. The zero-order valence-corrected chi connectivity index (χ0v) is 18.1. The zero-order chi connectivity index (χ0) is 21.5. The van der Waals surface area contributed by atoms with Gasteiger partial charge in [0.2, 0.25) is 5.78 Å². The number of nitrogens with zero attached hydrogens (tertiary/aromatic N) is 1. The summed E-state index contributed by atoms with van der Waals surface area (Å²) in [7, 11) is -4.11. The molecule has 1 aliphatic rings. The van der Waals surface area contributed by atoms with E-state index in [4.69, 9.17) is 11.6 Å². The smallest absolute Gasteiger partial charge is 0.270 e. The Balaban J connectivity index is 1.73. The molecule has 1 N–H and O–H groups in total. The van der Waals surface area contributed by atoms with Gasteiger partial charge < -0.3 is 5.32 Å². The number of rotatable bonds is 4. The van der Waals surface area contributed by atoms with Crippen LogP contribution >= 0.6 is 22.9 Å². The van der Waals surface area contributed by atoms with Gasteiger partial charge in [0.05, 0.1) is 17.3 Å². The average molecular weight is 463 g/mol. The van der Waals surface area contributed by atoms with Gasteiger partial charge in [0.15, 0.2) is 4.91 Å². The van der Waals surface area contributed by atoms with Crippen molar-refractivity contribution in [1.82, 2.24) is 0 Å². The minimum absolute atomic E-state index is 0.0966. The van der Waals surface area contributed by atoms with Gasteiger partial charge in [-0.2, -0.15) is 0 Å². The lowest BCUT2D eigenvalue weighted by Crippen LogP contribution is -2.38. The maximum atomic E-state index is 13.4. The molecule has 2 aromatic carbocycles. The summed E-state index contributed by atoms with van der Waals surface area (Å²) in [6, 6.07) is 13.0. The van der Waals surface area contributed by atoms with Crippen LogP contribution in [0.2, 0.25) is 5.02 Å². The van der Waals surface area contributed by atoms with E-state index < -0.39 is 21.6 Å². The topological polar surface area (TPSA) is 66.5 Å². The van der Waals surface area contributed by atoms with Crippen molar-refractivity contribution in [2.24, 2.45) is 0 Å². The van der Waals surface area contributed by atoms with Crippen LogP contribution in [-0.4, -0.2) is 14.2 Å². The number of hydrogen-bond acceptors (Lipinski definition) is 5. The Morgan fingerprint density at radius 1 is 1.17 bits per heavy atom. The Bertz CT molecular complexity index is 1270. The van der Waals surface area contributed by atoms with Crippen molar-refractivity contribution in [2.75, 3.05) is 9.62 Å². The fraction of sp³-hybridized carbons (Fsp3) is 0.0952. The number of thiophene rings is 1. The van der Waals surface area contributed by atoms with Gasteiger partial charge in [0, 0.05) is 11.9 Å². The molecule has 9 heteroatoms. The number of carbonyl (C=O) groups excluding carboxylic acids is 1. The van der Waals surface area contributed by atoms with Gasteiger partial charge in [-0.25, -0.2) is 12.8 Å². The Kier molecular flexibility index (Phi) is 5.40. The molecule has 0 amide bonds. The van der Waals surface area contributed by atoms with Crippen molar-refractivity contribution >= 4 is 50.1 Å². The van der Waals surface area contributed by atoms with Gasteiger partial charge in [-0.15, -0.1) is 11.3 Å². The molecule has 0 spiro atoms. The molecule has 0 saturated heterocycles. The third-order valence-corrected chi connectivity index (χ3v) is 7.60. The fourth-order valence-electron chi connectivity index (χ4n) is 3.05. The predicted octanol–water partition coefficient (Wildman–Crippen LogP) is 5.34. The molecule has 0 aliphatic carbocycles. The van der Waals surface area contributed by atoms with E-state index in [1.54, 1.807) is 11.4 Å². The van der Waals surface area contributed by atoms with Crippen LogP contribution in [0.25, 0.3) is 0 Å². The van der Waals surface area contributed by atoms with E-state index in [1.807, 2.05) is 31.2 Å². The maximum Gasteiger partial charge on any atom is 0.270 e. The minimum Gasteiger partial charge on any atom is -0.360 e. The fourth-order valence-corrected chi connectivity index (χ4v) is 5.71. The first-order valence-corrected chi connectivity index (χ1v) is 11.6. The van der Waals surface area contributed by atoms with Gasteiger partial charge in [-0.05, 0) is 42.1 Å². The molecule has 1 aromatic heterocycles. The molecule has 0 atom stereocenters. The molecule has 0 radical (unpaired) electrons. The highest BCUT2D eigenvalue weighted by atomic mass is 35.5. The van der Waals surface area contributed by atoms with E-state index >= 15 is 0 Å². The quantitative estimate of drug-likeness (QED) is 0.532. The number of nitrogens with one attached hydrogen (secondary N) is 1. The van der Waals surface area contributed by atoms with Crippen LogP contribution in [0, 0.1) is 12.7 Å². The van der Waals surface area contributed by atoms with E-state index in [9.17, 15) is 17.6 Å². The predicted molar refractivity (Wildman–Crippen MR) is 118 cm³/mol. The summed E-state index contributed by atoms with van der Waals surface area (Å²) < 4.78 is 41.2. The lowest BCUT2D eigenvalue weighted by Gasteiger charge is -2.29. The second-order valence-corrected chi connectivity index (χ2v) is 9.90. The molecule has 154 valence electrons. The van der Waals surface area contributed by atoms with Gasteiger partial charge in [0.25, 0.3) is 10.0 Å². The number of allylic oxidation sites excluding steroid dienone is 1. The standard InChI is InChI=1S/C21H16ClFN2O3S2/c1-13-2-4-14(5-3-13)12-25-18-8-9-29-21(18)20(26)19(30(25,27)28)11-24-15-6-7-17(23)16(22)10-15/h2-11,24H,12H2,1H3/b19-11-. The zero-order valence-electron chi connectivity index (χ0n) is 15.7. The monoisotopic (exact) mass is 462 g/mol. The first-order chi connectivity index (χ1) is 14.3. The molecule has 0 unspecified atom stereocenters. The number of ketones is 1. The third kappa shape index (κ3) is 3.74. The lowest BCUT2D eigenvalue weighted by atomic mass is 10.1. The number of benzene rings is 2. The summed E-state index contributed by atoms with van der Waals surface area (Å²) in [6.07, 6.45) is 1.13. The van der Waals surface area contributed by atoms with Crippen LogP contribution < -0.4 is 9.62 Å². The highest BCUT2D eigenvalue weighted by molar-refractivity contribution is 7.97. The summed E-state index contributed by atoms with van der Waals surface area (Å²) >= 11 is 6.96. The largest absolute Gasteiger partial charge is 0.360 e. The summed E-state index contributed by atoms with van der Waals surface area (Å²) in [6.45, 7) is 2.05. The van der Waals surface area contributed by atoms with Crippen molar-refractivity contribution in [2.45, 2.75) is 13.5 Å². The maximum absolute atomic E-state index is 13.4. The molecule has 4 rings (SSSR count). The second kappa shape index (κ2) is 7.86. The minimum atomic E-state index is -4.11. The van der Waals surface area contributed by atoms with Gasteiger partial charge >= 0.3 is 0 Å². The Labute approximate surface area is 182 Å². The number of anilines is 2. The summed E-state index contributed by atoms with van der Waals surface area (Å²) in [4.78, 5) is 12.9. The molecule has 0 saturated carbocycles. The SMILES string of the molecule is Cc1ccc(CN2c3ccsc3C(=O)/C(=C/Nc3ccc(F)c(Cl)c3)S2(=O)=O)cc1. The first-order valence-electron chi connectivity index (χ1n) is 8.89. The molecule has 1 aliphatic heterocycles. The van der Waals surface area contributed by atoms with Crippen LogP contribution in [0.4, 0.5) is 15.8 Å². The van der Waals surface area contributed by atoms with E-state index in [2.05, 4.69) is 5.32 Å². The highest BCUT2D eigenvalue weighted by Crippen LogP contribution is 2.39. The third-order valence-electron chi connectivity index (χ3n) is 4.65. The van der Waals surface area contributed by atoms with Crippen LogP contribution in [0.1, 0.15) is 20.8 Å². The van der Waals surface area contributed by atoms with E-state index in [1.165, 1.54) is 27.8 Å². The molecule has 30 heavy (non-hydrogen) atoms. The Hall–Kier alpha value is -2.68. The van der Waals surface area contributed by atoms with Crippen molar-refractivity contribution in [3.8, 4) is 0 Å². The van der Waals surface area contributed by atoms with Gasteiger partial charge in [-0.1, -0.05) is 41.4 Å². The van der Waals surface area contributed by atoms with Crippen LogP contribution in [0.5, 0.6) is 0 Å². The molecule has 2 heterocycles. The molecular formula is C21H16ClFN2O3S2. The number of sulfonamides is 1. The van der Waals surface area contributed by atoms with E-state index in [0.717, 1.165) is 23.4 Å². The van der Waals surface area contributed by atoms with Crippen molar-refractivity contribution < 1.29 is 17.6 Å². The second-order valence-electron chi connectivity index (χ2n) is 6.74. The van der Waals surface area contributed by atoms with Crippen LogP contribution in [0.15, 0.2) is 65.0 Å². The van der Waals surface area contributed by atoms with Crippen molar-refractivity contribution in [3.05, 3.63) is 91.9 Å². The van der Waals surface area contributed by atoms with Crippen molar-refractivity contribution in [3.63, 3.8) is 0 Å². The molecule has 0 fully saturated rings. The Morgan fingerprint density at radius 3 is 2.60 bits per heavy atom. The summed E-state index contributed by atoms with van der Waals surface area (Å²) in [5.41, 5.74) is 2.59. The highest BCUT2D eigenvalue weighted by Gasteiger charge is 2.41. The lowest BCUT2D eigenvalue weighted by molar-refractivity contribution is 0.104. The van der Waals surface area contributed by atoms with Gasteiger partial charge in [0.1, 0.15) is 10.7 Å². The number of fused-ring (bicyclic) bond motifs is 1. The number of hydrogen-bond donors (Lipinski definition) is 1. The van der Waals surface area contributed by atoms with E-state index in [0.29, 0.717) is 16.3 Å². The van der Waals surface area contributed by atoms with Crippen LogP contribution in [-0.2, 0) is 16.6 Å². The molecular weight excluding hydrogens is 447 g/mol. The number of carbonyl (C=O) groups is 1. The van der Waals surface area contributed by atoms with Gasteiger partial charge in [-0.3, -0.25) is 9.10 Å². The average Bonchev–Trinajstić information content (AvgIpc) is 3.19.